The molecule has 1 unspecified atom stereocenters. The lowest BCUT2D eigenvalue weighted by Crippen LogP contribution is -2.18. The highest BCUT2D eigenvalue weighted by Gasteiger charge is 2.49. The molecular formula is C18H23N3O2S. The smallest absolute Gasteiger partial charge is 0.177 e. The summed E-state index contributed by atoms with van der Waals surface area (Å²) in [6, 6.07) is 7.38. The zero-order chi connectivity index (χ0) is 16.9. The number of hydrogen-bond donors (Lipinski definition) is 1. The molecule has 2 fully saturated rings. The van der Waals surface area contributed by atoms with E-state index in [1.807, 2.05) is 12.3 Å². The number of nitrogens with one attached hydrogen (secondary N) is 1. The van der Waals surface area contributed by atoms with Crippen molar-refractivity contribution in [2.45, 2.75) is 37.1 Å². The fourth-order valence-corrected chi connectivity index (χ4v) is 4.60. The van der Waals surface area contributed by atoms with E-state index in [1.165, 1.54) is 25.5 Å². The zero-order valence-corrected chi connectivity index (χ0v) is 14.8. The van der Waals surface area contributed by atoms with E-state index in [0.717, 1.165) is 23.4 Å². The number of sulfone groups is 1. The maximum atomic E-state index is 12.0. The molecule has 2 aromatic rings. The Kier molecular flexibility index (Phi) is 3.67. The van der Waals surface area contributed by atoms with Gasteiger partial charge in [0.15, 0.2) is 9.84 Å². The minimum Gasteiger partial charge on any atom is -0.380 e. The second-order valence-electron chi connectivity index (χ2n) is 7.25. The Morgan fingerprint density at radius 3 is 2.75 bits per heavy atom. The first-order valence-corrected chi connectivity index (χ1v) is 10.4. The number of para-hydroxylation sites is 1. The van der Waals surface area contributed by atoms with Crippen LogP contribution in [0, 0.1) is 17.8 Å². The maximum absolute atomic E-state index is 12.0. The summed E-state index contributed by atoms with van der Waals surface area (Å²) in [5.74, 6) is 2.65. The number of nitrogens with zero attached hydrogens (tertiary/aromatic N) is 2. The van der Waals surface area contributed by atoms with Crippen LogP contribution in [0.2, 0.25) is 0 Å². The summed E-state index contributed by atoms with van der Waals surface area (Å²) in [6.45, 7) is 2.23. The van der Waals surface area contributed by atoms with E-state index >= 15 is 0 Å². The number of aromatic nitrogens is 2. The molecule has 128 valence electrons. The highest BCUT2D eigenvalue weighted by molar-refractivity contribution is 7.90. The summed E-state index contributed by atoms with van der Waals surface area (Å²) in [5.41, 5.74) is 1.52. The van der Waals surface area contributed by atoms with Gasteiger partial charge in [-0.05, 0) is 56.1 Å². The predicted octanol–water partition coefficient (Wildman–Crippen LogP) is 3.12. The van der Waals surface area contributed by atoms with Crippen LogP contribution < -0.4 is 5.32 Å². The van der Waals surface area contributed by atoms with Crippen molar-refractivity contribution in [3.05, 3.63) is 36.7 Å². The first kappa shape index (κ1) is 15.7. The van der Waals surface area contributed by atoms with Gasteiger partial charge in [-0.15, -0.1) is 0 Å². The normalized spacial score (nSPS) is 24.6. The second-order valence-corrected chi connectivity index (χ2v) is 9.23. The molecule has 0 bridgehead atoms. The fourth-order valence-electron chi connectivity index (χ4n) is 3.74. The van der Waals surface area contributed by atoms with E-state index in [-0.39, 0.29) is 0 Å². The van der Waals surface area contributed by atoms with Crippen molar-refractivity contribution in [3.63, 3.8) is 0 Å². The van der Waals surface area contributed by atoms with Gasteiger partial charge in [-0.3, -0.25) is 0 Å². The third-order valence-electron chi connectivity index (χ3n) is 5.25. The molecule has 2 aliphatic carbocycles. The Morgan fingerprint density at radius 2 is 2.04 bits per heavy atom. The average molecular weight is 345 g/mol. The molecule has 0 saturated heterocycles. The number of rotatable bonds is 6. The minimum atomic E-state index is -3.29. The minimum absolute atomic E-state index is 0.295. The lowest BCUT2D eigenvalue weighted by atomic mass is 10.1. The summed E-state index contributed by atoms with van der Waals surface area (Å²) in [5, 5.41) is 7.88. The van der Waals surface area contributed by atoms with Gasteiger partial charge in [0.05, 0.1) is 28.7 Å². The fraction of sp³-hybridized carbons (Fsp3) is 0.500. The SMILES string of the molecule is CC(Nc1cnn(-c2ccccc2S(C)(=O)=O)c1)[C@@H]1C[C@H]1C1CC1. The topological polar surface area (TPSA) is 64.0 Å². The van der Waals surface area contributed by atoms with Crippen molar-refractivity contribution >= 4 is 15.5 Å². The van der Waals surface area contributed by atoms with Crippen LogP contribution in [0.3, 0.4) is 0 Å². The molecule has 3 atom stereocenters. The van der Waals surface area contributed by atoms with Gasteiger partial charge >= 0.3 is 0 Å². The Morgan fingerprint density at radius 1 is 1.29 bits per heavy atom. The molecule has 0 spiro atoms. The van der Waals surface area contributed by atoms with Crippen molar-refractivity contribution in [2.24, 2.45) is 17.8 Å². The molecule has 2 saturated carbocycles. The molecule has 1 N–H and O–H groups in total. The predicted molar refractivity (Wildman–Crippen MR) is 94.1 cm³/mol. The summed E-state index contributed by atoms with van der Waals surface area (Å²) >= 11 is 0. The quantitative estimate of drug-likeness (QED) is 0.874. The van der Waals surface area contributed by atoms with Crippen LogP contribution in [0.25, 0.3) is 5.69 Å². The van der Waals surface area contributed by atoms with Crippen molar-refractivity contribution in [1.29, 1.82) is 0 Å². The molecule has 6 heteroatoms. The van der Waals surface area contributed by atoms with E-state index in [4.69, 9.17) is 0 Å². The Bertz CT molecular complexity index is 855. The lowest BCUT2D eigenvalue weighted by Gasteiger charge is -2.13. The van der Waals surface area contributed by atoms with Crippen LogP contribution in [0.15, 0.2) is 41.6 Å². The van der Waals surface area contributed by atoms with E-state index in [2.05, 4.69) is 17.3 Å². The highest BCUT2D eigenvalue weighted by atomic mass is 32.2. The van der Waals surface area contributed by atoms with Gasteiger partial charge in [-0.2, -0.15) is 5.10 Å². The molecule has 1 aromatic heterocycles. The largest absolute Gasteiger partial charge is 0.380 e. The van der Waals surface area contributed by atoms with E-state index in [1.54, 1.807) is 29.1 Å². The van der Waals surface area contributed by atoms with Crippen LogP contribution in [0.4, 0.5) is 5.69 Å². The van der Waals surface area contributed by atoms with E-state index in [9.17, 15) is 8.42 Å². The second kappa shape index (κ2) is 5.62. The Balaban J connectivity index is 1.51. The summed E-state index contributed by atoms with van der Waals surface area (Å²) < 4.78 is 25.6. The van der Waals surface area contributed by atoms with Crippen molar-refractivity contribution in [1.82, 2.24) is 9.78 Å². The van der Waals surface area contributed by atoms with Crippen LogP contribution in [-0.2, 0) is 9.84 Å². The third-order valence-corrected chi connectivity index (χ3v) is 6.39. The maximum Gasteiger partial charge on any atom is 0.177 e. The average Bonchev–Trinajstić information content (AvgIpc) is 3.43. The summed E-state index contributed by atoms with van der Waals surface area (Å²) in [7, 11) is -3.29. The van der Waals surface area contributed by atoms with Crippen molar-refractivity contribution in [2.75, 3.05) is 11.6 Å². The van der Waals surface area contributed by atoms with Gasteiger partial charge in [-0.25, -0.2) is 13.1 Å². The summed E-state index contributed by atoms with van der Waals surface area (Å²) in [6.07, 6.45) is 9.02. The van der Waals surface area contributed by atoms with Crippen molar-refractivity contribution in [3.8, 4) is 5.69 Å². The van der Waals surface area contributed by atoms with Gasteiger partial charge in [0.2, 0.25) is 0 Å². The van der Waals surface area contributed by atoms with Crippen LogP contribution in [0.1, 0.15) is 26.2 Å². The molecule has 4 rings (SSSR count). The monoisotopic (exact) mass is 345 g/mol. The van der Waals surface area contributed by atoms with Gasteiger partial charge < -0.3 is 5.32 Å². The molecule has 0 aliphatic heterocycles. The van der Waals surface area contributed by atoms with E-state index in [0.29, 0.717) is 16.6 Å². The Labute approximate surface area is 143 Å². The first-order chi connectivity index (χ1) is 11.4. The standard InChI is InChI=1S/C18H23N3O2S/c1-12(15-9-16(15)13-7-8-13)20-14-10-19-21(11-14)17-5-3-4-6-18(17)24(2,22)23/h3-6,10-13,15-16,20H,7-9H2,1-2H3/t12?,15-,16-/m0/s1. The molecule has 5 nitrogen and oxygen atoms in total. The molecule has 2 aliphatic rings. The van der Waals surface area contributed by atoms with Gasteiger partial charge in [-0.1, -0.05) is 12.1 Å². The molecule has 0 radical (unpaired) electrons. The van der Waals surface area contributed by atoms with Crippen molar-refractivity contribution < 1.29 is 8.42 Å². The number of hydrogen-bond acceptors (Lipinski definition) is 4. The van der Waals surface area contributed by atoms with Crippen LogP contribution >= 0.6 is 0 Å². The molecule has 0 amide bonds. The lowest BCUT2D eigenvalue weighted by molar-refractivity contribution is 0.576. The molecule has 1 heterocycles. The molecule has 24 heavy (non-hydrogen) atoms. The Hall–Kier alpha value is -1.82. The first-order valence-electron chi connectivity index (χ1n) is 8.54. The molecule has 1 aromatic carbocycles. The van der Waals surface area contributed by atoms with E-state index < -0.39 is 9.84 Å². The highest BCUT2D eigenvalue weighted by Crippen LogP contribution is 2.55. The van der Waals surface area contributed by atoms with Crippen LogP contribution in [-0.4, -0.2) is 30.5 Å². The van der Waals surface area contributed by atoms with Gasteiger partial charge in [0.25, 0.3) is 0 Å². The number of benzene rings is 1. The van der Waals surface area contributed by atoms with Gasteiger partial charge in [0.1, 0.15) is 0 Å². The number of anilines is 1. The zero-order valence-electron chi connectivity index (χ0n) is 14.0. The summed E-state index contributed by atoms with van der Waals surface area (Å²) in [4.78, 5) is 0.295. The molecular weight excluding hydrogens is 322 g/mol. The van der Waals surface area contributed by atoms with Gasteiger partial charge in [0, 0.05) is 12.3 Å². The third kappa shape index (κ3) is 3.07. The van der Waals surface area contributed by atoms with Crippen LogP contribution in [0.5, 0.6) is 0 Å².